The molecule has 1 N–H and O–H groups in total. The van der Waals surface area contributed by atoms with Gasteiger partial charge in [-0.1, -0.05) is 12.2 Å². The number of rotatable bonds is 1. The van der Waals surface area contributed by atoms with Crippen molar-refractivity contribution in [3.05, 3.63) is 24.0 Å². The molecule has 3 heteroatoms. The van der Waals surface area contributed by atoms with Gasteiger partial charge in [0, 0.05) is 32.2 Å². The van der Waals surface area contributed by atoms with Crippen LogP contribution in [0.3, 0.4) is 0 Å². The van der Waals surface area contributed by atoms with Crippen molar-refractivity contribution in [2.45, 2.75) is 13.0 Å². The van der Waals surface area contributed by atoms with Crippen molar-refractivity contribution in [2.75, 3.05) is 33.2 Å². The number of piperazine rings is 1. The Balaban J connectivity index is 1.95. The predicted molar refractivity (Wildman–Crippen MR) is 58.9 cm³/mol. The SMILES string of the molecule is CC1C=CC=C(N2CCN(C)CC2)N1. The first kappa shape index (κ1) is 9.59. The van der Waals surface area contributed by atoms with Crippen molar-refractivity contribution >= 4 is 0 Å². The van der Waals surface area contributed by atoms with Gasteiger partial charge >= 0.3 is 0 Å². The average Bonchev–Trinajstić information content (AvgIpc) is 2.19. The zero-order valence-corrected chi connectivity index (χ0v) is 9.03. The van der Waals surface area contributed by atoms with Gasteiger partial charge < -0.3 is 15.1 Å². The van der Waals surface area contributed by atoms with E-state index in [-0.39, 0.29) is 0 Å². The largest absolute Gasteiger partial charge is 0.366 e. The Labute approximate surface area is 86.1 Å². The summed E-state index contributed by atoms with van der Waals surface area (Å²) >= 11 is 0. The topological polar surface area (TPSA) is 18.5 Å². The van der Waals surface area contributed by atoms with Crippen LogP contribution in [-0.2, 0) is 0 Å². The van der Waals surface area contributed by atoms with Crippen LogP contribution in [0.5, 0.6) is 0 Å². The molecule has 2 heterocycles. The molecule has 0 radical (unpaired) electrons. The fourth-order valence-corrected chi connectivity index (χ4v) is 1.89. The number of nitrogens with one attached hydrogen (secondary N) is 1. The first-order valence-corrected chi connectivity index (χ1v) is 5.34. The minimum Gasteiger partial charge on any atom is -0.366 e. The average molecular weight is 193 g/mol. The Kier molecular flexibility index (Phi) is 2.77. The third-order valence-electron chi connectivity index (χ3n) is 2.87. The molecular formula is C11H19N3. The maximum atomic E-state index is 3.48. The minimum absolute atomic E-state index is 0.467. The molecule has 0 aromatic heterocycles. The Hall–Kier alpha value is -0.960. The van der Waals surface area contributed by atoms with E-state index in [1.807, 2.05) is 0 Å². The van der Waals surface area contributed by atoms with E-state index in [1.165, 1.54) is 5.82 Å². The van der Waals surface area contributed by atoms with Gasteiger partial charge in [0.25, 0.3) is 0 Å². The van der Waals surface area contributed by atoms with Crippen molar-refractivity contribution in [3.8, 4) is 0 Å². The summed E-state index contributed by atoms with van der Waals surface area (Å²) in [6.45, 7) is 6.78. The van der Waals surface area contributed by atoms with Crippen LogP contribution >= 0.6 is 0 Å². The Morgan fingerprint density at radius 3 is 2.64 bits per heavy atom. The molecule has 0 saturated carbocycles. The molecule has 0 aliphatic carbocycles. The standard InChI is InChI=1S/C11H19N3/c1-10-4-3-5-11(12-10)14-8-6-13(2)7-9-14/h3-5,10,12H,6-9H2,1-2H3. The molecule has 1 unspecified atom stereocenters. The van der Waals surface area contributed by atoms with E-state index in [4.69, 9.17) is 0 Å². The summed E-state index contributed by atoms with van der Waals surface area (Å²) in [5.41, 5.74) is 0. The molecule has 0 aromatic rings. The highest BCUT2D eigenvalue weighted by atomic mass is 15.3. The molecule has 0 amide bonds. The van der Waals surface area contributed by atoms with E-state index in [0.29, 0.717) is 6.04 Å². The van der Waals surface area contributed by atoms with Gasteiger partial charge in [0.1, 0.15) is 5.82 Å². The maximum absolute atomic E-state index is 3.48. The molecule has 78 valence electrons. The molecule has 2 rings (SSSR count). The first-order valence-electron chi connectivity index (χ1n) is 5.34. The van der Waals surface area contributed by atoms with Crippen LogP contribution < -0.4 is 5.32 Å². The van der Waals surface area contributed by atoms with Gasteiger partial charge in [-0.15, -0.1) is 0 Å². The Morgan fingerprint density at radius 1 is 1.29 bits per heavy atom. The summed E-state index contributed by atoms with van der Waals surface area (Å²) < 4.78 is 0. The van der Waals surface area contributed by atoms with Crippen LogP contribution in [0.2, 0.25) is 0 Å². The van der Waals surface area contributed by atoms with Gasteiger partial charge in [-0.3, -0.25) is 0 Å². The van der Waals surface area contributed by atoms with Crippen molar-refractivity contribution in [3.63, 3.8) is 0 Å². The summed E-state index contributed by atoms with van der Waals surface area (Å²) in [5, 5.41) is 3.48. The van der Waals surface area contributed by atoms with Gasteiger partial charge in [0.2, 0.25) is 0 Å². The van der Waals surface area contributed by atoms with Gasteiger partial charge in [-0.25, -0.2) is 0 Å². The highest BCUT2D eigenvalue weighted by molar-refractivity contribution is 5.19. The molecule has 0 aromatic carbocycles. The number of hydrogen-bond donors (Lipinski definition) is 1. The second-order valence-corrected chi connectivity index (χ2v) is 4.16. The van der Waals surface area contributed by atoms with E-state index in [2.05, 4.69) is 47.3 Å². The Bertz CT molecular complexity index is 249. The number of allylic oxidation sites excluding steroid dienone is 2. The van der Waals surface area contributed by atoms with Crippen LogP contribution in [-0.4, -0.2) is 49.1 Å². The smallest absolute Gasteiger partial charge is 0.102 e. The molecule has 14 heavy (non-hydrogen) atoms. The normalized spacial score (nSPS) is 28.6. The van der Waals surface area contributed by atoms with E-state index in [0.717, 1.165) is 26.2 Å². The zero-order valence-electron chi connectivity index (χ0n) is 9.03. The van der Waals surface area contributed by atoms with Gasteiger partial charge in [-0.05, 0) is 20.0 Å². The van der Waals surface area contributed by atoms with Crippen molar-refractivity contribution < 1.29 is 0 Å². The number of likely N-dealkylation sites (N-methyl/N-ethyl adjacent to an activating group) is 1. The van der Waals surface area contributed by atoms with Crippen molar-refractivity contribution in [1.29, 1.82) is 0 Å². The van der Waals surface area contributed by atoms with E-state index < -0.39 is 0 Å². The van der Waals surface area contributed by atoms with Gasteiger partial charge in [0.05, 0.1) is 0 Å². The van der Waals surface area contributed by atoms with Crippen LogP contribution in [0.1, 0.15) is 6.92 Å². The van der Waals surface area contributed by atoms with Crippen molar-refractivity contribution in [1.82, 2.24) is 15.1 Å². The number of nitrogens with zero attached hydrogens (tertiary/aromatic N) is 2. The summed E-state index contributed by atoms with van der Waals surface area (Å²) in [7, 11) is 2.18. The number of dihydropyridines is 1. The Morgan fingerprint density at radius 2 is 2.00 bits per heavy atom. The number of hydrogen-bond acceptors (Lipinski definition) is 3. The molecule has 0 spiro atoms. The fourth-order valence-electron chi connectivity index (χ4n) is 1.89. The third kappa shape index (κ3) is 2.10. The summed E-state index contributed by atoms with van der Waals surface area (Å²) in [6.07, 6.45) is 6.50. The quantitative estimate of drug-likeness (QED) is 0.659. The molecule has 3 nitrogen and oxygen atoms in total. The zero-order chi connectivity index (χ0) is 9.97. The maximum Gasteiger partial charge on any atom is 0.102 e. The van der Waals surface area contributed by atoms with Gasteiger partial charge in [-0.2, -0.15) is 0 Å². The summed E-state index contributed by atoms with van der Waals surface area (Å²) in [6, 6.07) is 0.467. The highest BCUT2D eigenvalue weighted by Gasteiger charge is 2.17. The molecule has 2 aliphatic rings. The molecule has 0 bridgehead atoms. The molecule has 1 saturated heterocycles. The first-order chi connectivity index (χ1) is 6.75. The lowest BCUT2D eigenvalue weighted by Gasteiger charge is -2.37. The molecule has 1 fully saturated rings. The predicted octanol–water partition coefficient (Wildman–Crippen LogP) is 0.623. The lowest BCUT2D eigenvalue weighted by molar-refractivity contribution is 0.176. The van der Waals surface area contributed by atoms with Crippen LogP contribution in [0, 0.1) is 0 Å². The second kappa shape index (κ2) is 4.05. The van der Waals surface area contributed by atoms with Gasteiger partial charge in [0.15, 0.2) is 0 Å². The lowest BCUT2D eigenvalue weighted by Crippen LogP contribution is -2.47. The summed E-state index contributed by atoms with van der Waals surface area (Å²) in [4.78, 5) is 4.80. The minimum atomic E-state index is 0.467. The molecular weight excluding hydrogens is 174 g/mol. The van der Waals surface area contributed by atoms with Crippen LogP contribution in [0.15, 0.2) is 24.0 Å². The monoisotopic (exact) mass is 193 g/mol. The second-order valence-electron chi connectivity index (χ2n) is 4.16. The molecule has 1 atom stereocenters. The van der Waals surface area contributed by atoms with Crippen LogP contribution in [0.4, 0.5) is 0 Å². The lowest BCUT2D eigenvalue weighted by atomic mass is 10.2. The van der Waals surface area contributed by atoms with Crippen LogP contribution in [0.25, 0.3) is 0 Å². The third-order valence-corrected chi connectivity index (χ3v) is 2.87. The fraction of sp³-hybridized carbons (Fsp3) is 0.636. The summed E-state index contributed by atoms with van der Waals surface area (Å²) in [5.74, 6) is 1.29. The van der Waals surface area contributed by atoms with Crippen molar-refractivity contribution in [2.24, 2.45) is 0 Å². The van der Waals surface area contributed by atoms with E-state index in [9.17, 15) is 0 Å². The van der Waals surface area contributed by atoms with E-state index >= 15 is 0 Å². The molecule has 2 aliphatic heterocycles. The highest BCUT2D eigenvalue weighted by Crippen LogP contribution is 2.10. The van der Waals surface area contributed by atoms with E-state index in [1.54, 1.807) is 0 Å².